The number of rotatable bonds is 6. The first-order valence-corrected chi connectivity index (χ1v) is 4.69. The Morgan fingerprint density at radius 3 is 2.00 bits per heavy atom. The molecule has 0 atom stereocenters. The molecule has 0 bridgehead atoms. The molecule has 0 N–H and O–H groups in total. The summed E-state index contributed by atoms with van der Waals surface area (Å²) in [5.74, 6) is 0. The number of unbranched alkanes of at least 4 members (excludes halogenated alkanes) is 2. The predicted octanol–water partition coefficient (Wildman–Crippen LogP) is 4.07. The van der Waals surface area contributed by atoms with Gasteiger partial charge in [-0.25, -0.2) is 0 Å². The summed E-state index contributed by atoms with van der Waals surface area (Å²) < 4.78 is 0. The summed E-state index contributed by atoms with van der Waals surface area (Å²) >= 11 is 0. The Labute approximate surface area is 76.7 Å². The van der Waals surface area contributed by atoms with Gasteiger partial charge in [-0.05, 0) is 19.3 Å². The van der Waals surface area contributed by atoms with Crippen LogP contribution in [0.25, 0.3) is 0 Å². The van der Waals surface area contributed by atoms with Gasteiger partial charge in [0.05, 0.1) is 0 Å². The lowest BCUT2D eigenvalue weighted by Gasteiger charge is -1.81. The minimum atomic E-state index is 0.982. The molecule has 1 radical (unpaired) electrons. The van der Waals surface area contributed by atoms with Crippen LogP contribution in [-0.2, 0) is 0 Å². The normalized spacial score (nSPS) is 12.5. The monoisotopic (exact) mass is 163 g/mol. The molecule has 0 heteroatoms. The molecule has 12 heavy (non-hydrogen) atoms. The number of hydrogen-bond acceptors (Lipinski definition) is 0. The van der Waals surface area contributed by atoms with Crippen molar-refractivity contribution < 1.29 is 0 Å². The van der Waals surface area contributed by atoms with Crippen LogP contribution in [0.15, 0.2) is 36.5 Å². The van der Waals surface area contributed by atoms with E-state index < -0.39 is 0 Å². The van der Waals surface area contributed by atoms with Crippen molar-refractivity contribution in [3.05, 3.63) is 43.4 Å². The maximum atomic E-state index is 3.75. The smallest absolute Gasteiger partial charge is 0.0348 e. The van der Waals surface area contributed by atoms with Crippen molar-refractivity contribution in [2.45, 2.75) is 32.6 Å². The van der Waals surface area contributed by atoms with E-state index in [0.717, 1.165) is 12.8 Å². The van der Waals surface area contributed by atoms with Gasteiger partial charge in [-0.3, -0.25) is 0 Å². The summed E-state index contributed by atoms with van der Waals surface area (Å²) in [5, 5.41) is 0. The second kappa shape index (κ2) is 10.2. The quantitative estimate of drug-likeness (QED) is 0.518. The van der Waals surface area contributed by atoms with Gasteiger partial charge in [0.25, 0.3) is 0 Å². The third-order valence-electron chi connectivity index (χ3n) is 1.43. The van der Waals surface area contributed by atoms with E-state index in [1.807, 2.05) is 0 Å². The highest BCUT2D eigenvalue weighted by atomic mass is 13.8. The average molecular weight is 163 g/mol. The van der Waals surface area contributed by atoms with Crippen molar-refractivity contribution in [3.63, 3.8) is 0 Å². The van der Waals surface area contributed by atoms with Crippen LogP contribution in [0.1, 0.15) is 32.6 Å². The molecule has 0 spiro atoms. The molecule has 0 saturated carbocycles. The fourth-order valence-corrected chi connectivity index (χ4v) is 0.762. The minimum Gasteiger partial charge on any atom is -0.0845 e. The lowest BCUT2D eigenvalue weighted by molar-refractivity contribution is 0.959. The second-order valence-electron chi connectivity index (χ2n) is 2.67. The molecule has 0 aromatic heterocycles. The van der Waals surface area contributed by atoms with Crippen molar-refractivity contribution in [1.29, 1.82) is 0 Å². The van der Waals surface area contributed by atoms with Crippen LogP contribution in [0.3, 0.4) is 0 Å². The van der Waals surface area contributed by atoms with Crippen molar-refractivity contribution in [3.8, 4) is 0 Å². The topological polar surface area (TPSA) is 0 Å². The predicted molar refractivity (Wildman–Crippen MR) is 56.9 cm³/mol. The zero-order chi connectivity index (χ0) is 9.07. The van der Waals surface area contributed by atoms with Crippen LogP contribution in [0.4, 0.5) is 0 Å². The highest BCUT2D eigenvalue weighted by Gasteiger charge is 1.70. The van der Waals surface area contributed by atoms with Crippen LogP contribution in [0, 0.1) is 6.92 Å². The Balaban J connectivity index is 3.35. The number of allylic oxidation sites excluding steroid dienone is 6. The molecule has 0 amide bonds. The van der Waals surface area contributed by atoms with Crippen LogP contribution < -0.4 is 0 Å². The zero-order valence-corrected chi connectivity index (χ0v) is 8.00. The first-order valence-electron chi connectivity index (χ1n) is 4.69. The van der Waals surface area contributed by atoms with E-state index in [0.29, 0.717) is 0 Å². The molecule has 0 rings (SSSR count). The Morgan fingerprint density at radius 2 is 1.50 bits per heavy atom. The first kappa shape index (κ1) is 11.2. The first-order chi connectivity index (χ1) is 5.91. The molecule has 0 aliphatic rings. The SMILES string of the molecule is [CH2]CC/C=C/C=C/C=C/CCC. The Kier molecular flexibility index (Phi) is 9.56. The van der Waals surface area contributed by atoms with Gasteiger partial charge < -0.3 is 0 Å². The van der Waals surface area contributed by atoms with E-state index in [1.165, 1.54) is 12.8 Å². The van der Waals surface area contributed by atoms with E-state index >= 15 is 0 Å². The Morgan fingerprint density at radius 1 is 0.917 bits per heavy atom. The zero-order valence-electron chi connectivity index (χ0n) is 8.00. The molecule has 0 nitrogen and oxygen atoms in total. The summed E-state index contributed by atoms with van der Waals surface area (Å²) in [4.78, 5) is 0. The Bertz CT molecular complexity index is 131. The average Bonchev–Trinajstić information content (AvgIpc) is 2.10. The Hall–Kier alpha value is -0.780. The van der Waals surface area contributed by atoms with Crippen molar-refractivity contribution in [1.82, 2.24) is 0 Å². The van der Waals surface area contributed by atoms with Gasteiger partial charge in [0.15, 0.2) is 0 Å². The summed E-state index contributed by atoms with van der Waals surface area (Å²) in [6.45, 7) is 5.94. The van der Waals surface area contributed by atoms with E-state index in [4.69, 9.17) is 0 Å². The lowest BCUT2D eigenvalue weighted by Crippen LogP contribution is -1.60. The fraction of sp³-hybridized carbons (Fsp3) is 0.417. The van der Waals surface area contributed by atoms with E-state index in [1.54, 1.807) is 0 Å². The molecule has 0 fully saturated rings. The summed E-state index contributed by atoms with van der Waals surface area (Å²) in [6, 6.07) is 0. The van der Waals surface area contributed by atoms with Crippen LogP contribution in [-0.4, -0.2) is 0 Å². The molecular weight excluding hydrogens is 144 g/mol. The molecule has 67 valence electrons. The standard InChI is InChI=1S/C12H19/c1-3-5-7-9-11-12-10-8-6-4-2/h7-12H,1,3-6H2,2H3/b9-7+,10-8+,12-11+. The molecule has 0 saturated heterocycles. The van der Waals surface area contributed by atoms with Gasteiger partial charge >= 0.3 is 0 Å². The van der Waals surface area contributed by atoms with Gasteiger partial charge in [0.1, 0.15) is 0 Å². The van der Waals surface area contributed by atoms with E-state index in [9.17, 15) is 0 Å². The minimum absolute atomic E-state index is 0.982. The van der Waals surface area contributed by atoms with Crippen molar-refractivity contribution >= 4 is 0 Å². The molecule has 0 aromatic carbocycles. The van der Waals surface area contributed by atoms with Gasteiger partial charge in [0, 0.05) is 0 Å². The lowest BCUT2D eigenvalue weighted by atomic mass is 10.3. The van der Waals surface area contributed by atoms with Crippen molar-refractivity contribution in [2.75, 3.05) is 0 Å². The van der Waals surface area contributed by atoms with Crippen LogP contribution in [0.2, 0.25) is 0 Å². The second-order valence-corrected chi connectivity index (χ2v) is 2.67. The van der Waals surface area contributed by atoms with Crippen molar-refractivity contribution in [2.24, 2.45) is 0 Å². The number of hydrogen-bond donors (Lipinski definition) is 0. The highest BCUT2D eigenvalue weighted by Crippen LogP contribution is 1.91. The van der Waals surface area contributed by atoms with Gasteiger partial charge in [-0.15, -0.1) is 0 Å². The summed E-state index contributed by atoms with van der Waals surface area (Å²) in [6.07, 6.45) is 17.1. The van der Waals surface area contributed by atoms with Gasteiger partial charge in [-0.1, -0.05) is 56.7 Å². The van der Waals surface area contributed by atoms with E-state index in [-0.39, 0.29) is 0 Å². The molecule has 0 heterocycles. The largest absolute Gasteiger partial charge is 0.0845 e. The fourth-order valence-electron chi connectivity index (χ4n) is 0.762. The maximum absolute atomic E-state index is 3.75. The van der Waals surface area contributed by atoms with Gasteiger partial charge in [-0.2, -0.15) is 0 Å². The highest BCUT2D eigenvalue weighted by molar-refractivity contribution is 5.10. The molecule has 0 aliphatic heterocycles. The molecular formula is C12H19. The molecule has 0 aliphatic carbocycles. The summed E-state index contributed by atoms with van der Waals surface area (Å²) in [7, 11) is 0. The molecule has 0 unspecified atom stereocenters. The summed E-state index contributed by atoms with van der Waals surface area (Å²) in [5.41, 5.74) is 0. The van der Waals surface area contributed by atoms with E-state index in [2.05, 4.69) is 50.3 Å². The molecule has 0 aromatic rings. The van der Waals surface area contributed by atoms with Gasteiger partial charge in [0.2, 0.25) is 0 Å². The van der Waals surface area contributed by atoms with Crippen LogP contribution in [0.5, 0.6) is 0 Å². The third-order valence-corrected chi connectivity index (χ3v) is 1.43. The van der Waals surface area contributed by atoms with Crippen LogP contribution >= 0.6 is 0 Å². The maximum Gasteiger partial charge on any atom is -0.0348 e. The third kappa shape index (κ3) is 9.22.